The van der Waals surface area contributed by atoms with E-state index in [-0.39, 0.29) is 17.3 Å². The van der Waals surface area contributed by atoms with E-state index in [1.54, 1.807) is 36.4 Å². The van der Waals surface area contributed by atoms with E-state index in [9.17, 15) is 13.2 Å². The number of nitrogens with one attached hydrogen (secondary N) is 1. The number of nitrogens with zero attached hydrogens (tertiary/aromatic N) is 2. The van der Waals surface area contributed by atoms with Gasteiger partial charge in [-0.1, -0.05) is 42.5 Å². The molecule has 3 aromatic rings. The van der Waals surface area contributed by atoms with Gasteiger partial charge < -0.3 is 15.0 Å². The van der Waals surface area contributed by atoms with Crippen LogP contribution >= 0.6 is 0 Å². The molecule has 180 valence electrons. The Morgan fingerprint density at radius 2 is 1.56 bits per heavy atom. The smallest absolute Gasteiger partial charge is 0.264 e. The van der Waals surface area contributed by atoms with Crippen molar-refractivity contribution in [2.24, 2.45) is 0 Å². The standard InChI is InChI=1S/C26H31N3O4S/c1-28(2)19-9-18-27-26(30)24-12-7-8-13-25(24)29(20-21-10-5-4-6-11-21)34(31,32)23-16-14-22(33-3)15-17-23/h4-8,10-17H,9,18-20H2,1-3H3,(H,27,30). The molecule has 3 rings (SSSR count). The third-order valence-electron chi connectivity index (χ3n) is 5.30. The maximum Gasteiger partial charge on any atom is 0.264 e. The zero-order valence-corrected chi connectivity index (χ0v) is 20.6. The molecule has 0 spiro atoms. The molecule has 0 aliphatic carbocycles. The van der Waals surface area contributed by atoms with Crippen molar-refractivity contribution in [3.63, 3.8) is 0 Å². The van der Waals surface area contributed by atoms with E-state index in [4.69, 9.17) is 4.74 Å². The first-order valence-corrected chi connectivity index (χ1v) is 12.5. The van der Waals surface area contributed by atoms with Crippen LogP contribution in [-0.2, 0) is 16.6 Å². The number of methoxy groups -OCH3 is 1. The third kappa shape index (κ3) is 6.36. The number of para-hydroxylation sites is 1. The first kappa shape index (κ1) is 25.3. The molecule has 0 heterocycles. The summed E-state index contributed by atoms with van der Waals surface area (Å²) in [6.45, 7) is 1.42. The summed E-state index contributed by atoms with van der Waals surface area (Å²) in [5.74, 6) is 0.253. The summed E-state index contributed by atoms with van der Waals surface area (Å²) in [6, 6.07) is 22.3. The number of amides is 1. The van der Waals surface area contributed by atoms with Gasteiger partial charge in [-0.3, -0.25) is 9.10 Å². The van der Waals surface area contributed by atoms with Gasteiger partial charge in [0, 0.05) is 6.54 Å². The summed E-state index contributed by atoms with van der Waals surface area (Å²) in [4.78, 5) is 15.2. The van der Waals surface area contributed by atoms with Crippen LogP contribution in [0.4, 0.5) is 5.69 Å². The van der Waals surface area contributed by atoms with Crippen LogP contribution in [-0.4, -0.2) is 53.5 Å². The highest BCUT2D eigenvalue weighted by Gasteiger charge is 2.28. The number of rotatable bonds is 11. The van der Waals surface area contributed by atoms with Crippen molar-refractivity contribution in [1.82, 2.24) is 10.2 Å². The molecule has 0 radical (unpaired) electrons. The topological polar surface area (TPSA) is 79.0 Å². The molecule has 0 saturated carbocycles. The van der Waals surface area contributed by atoms with Gasteiger partial charge >= 0.3 is 0 Å². The summed E-state index contributed by atoms with van der Waals surface area (Å²) in [6.07, 6.45) is 0.790. The van der Waals surface area contributed by atoms with Crippen molar-refractivity contribution in [3.05, 3.63) is 90.0 Å². The number of carbonyl (C=O) groups is 1. The lowest BCUT2D eigenvalue weighted by atomic mass is 10.1. The highest BCUT2D eigenvalue weighted by atomic mass is 32.2. The largest absolute Gasteiger partial charge is 0.497 e. The van der Waals surface area contributed by atoms with E-state index in [2.05, 4.69) is 5.32 Å². The van der Waals surface area contributed by atoms with Crippen molar-refractivity contribution in [1.29, 1.82) is 0 Å². The van der Waals surface area contributed by atoms with E-state index >= 15 is 0 Å². The average Bonchev–Trinajstić information content (AvgIpc) is 2.85. The van der Waals surface area contributed by atoms with Gasteiger partial charge in [0.25, 0.3) is 15.9 Å². The summed E-state index contributed by atoms with van der Waals surface area (Å²) in [5, 5.41) is 2.92. The molecular weight excluding hydrogens is 450 g/mol. The van der Waals surface area contributed by atoms with Gasteiger partial charge in [0.15, 0.2) is 0 Å². The van der Waals surface area contributed by atoms with Gasteiger partial charge in [-0.15, -0.1) is 0 Å². The Kier molecular flexibility index (Phi) is 8.67. The second-order valence-electron chi connectivity index (χ2n) is 8.10. The fourth-order valence-electron chi connectivity index (χ4n) is 3.50. The first-order chi connectivity index (χ1) is 16.3. The summed E-state index contributed by atoms with van der Waals surface area (Å²) < 4.78 is 34.1. The lowest BCUT2D eigenvalue weighted by molar-refractivity contribution is 0.0953. The van der Waals surface area contributed by atoms with Gasteiger partial charge in [-0.05, 0) is 69.0 Å². The second-order valence-corrected chi connectivity index (χ2v) is 9.96. The number of anilines is 1. The van der Waals surface area contributed by atoms with Gasteiger partial charge in [0.1, 0.15) is 5.75 Å². The van der Waals surface area contributed by atoms with E-state index in [1.165, 1.54) is 23.5 Å². The molecule has 7 nitrogen and oxygen atoms in total. The maximum atomic E-state index is 13.8. The molecule has 0 unspecified atom stereocenters. The molecule has 1 amide bonds. The van der Waals surface area contributed by atoms with E-state index in [1.807, 2.05) is 49.3 Å². The number of sulfonamides is 1. The Balaban J connectivity index is 1.99. The third-order valence-corrected chi connectivity index (χ3v) is 7.08. The highest BCUT2D eigenvalue weighted by molar-refractivity contribution is 7.92. The summed E-state index contributed by atoms with van der Waals surface area (Å²) in [7, 11) is 1.50. The van der Waals surface area contributed by atoms with Crippen molar-refractivity contribution in [3.8, 4) is 5.75 Å². The molecule has 8 heteroatoms. The van der Waals surface area contributed by atoms with Gasteiger partial charge in [-0.2, -0.15) is 0 Å². The normalized spacial score (nSPS) is 11.3. The Labute approximate surface area is 202 Å². The molecule has 0 aliphatic heterocycles. The number of hydrogen-bond acceptors (Lipinski definition) is 5. The Morgan fingerprint density at radius 3 is 2.21 bits per heavy atom. The molecule has 0 aliphatic rings. The second kappa shape index (κ2) is 11.7. The van der Waals surface area contributed by atoms with E-state index in [0.717, 1.165) is 18.5 Å². The highest BCUT2D eigenvalue weighted by Crippen LogP contribution is 2.30. The van der Waals surface area contributed by atoms with E-state index in [0.29, 0.717) is 23.5 Å². The van der Waals surface area contributed by atoms with Crippen LogP contribution in [0.2, 0.25) is 0 Å². The minimum Gasteiger partial charge on any atom is -0.497 e. The number of ether oxygens (including phenoxy) is 1. The number of carbonyl (C=O) groups excluding carboxylic acids is 1. The van der Waals surface area contributed by atoms with E-state index < -0.39 is 10.0 Å². The van der Waals surface area contributed by atoms with Crippen LogP contribution in [0.5, 0.6) is 5.75 Å². The summed E-state index contributed by atoms with van der Waals surface area (Å²) >= 11 is 0. The predicted octanol–water partition coefficient (Wildman–Crippen LogP) is 3.77. The molecule has 0 saturated heterocycles. The van der Waals surface area contributed by atoms with Crippen LogP contribution in [0.1, 0.15) is 22.3 Å². The minimum atomic E-state index is -3.98. The monoisotopic (exact) mass is 481 g/mol. The predicted molar refractivity (Wildman–Crippen MR) is 135 cm³/mol. The fourth-order valence-corrected chi connectivity index (χ4v) is 4.97. The van der Waals surface area contributed by atoms with Gasteiger partial charge in [-0.25, -0.2) is 8.42 Å². The summed E-state index contributed by atoms with van der Waals surface area (Å²) in [5.41, 5.74) is 1.44. The Bertz CT molecular complexity index is 1180. The number of benzene rings is 3. The Morgan fingerprint density at radius 1 is 0.912 bits per heavy atom. The lowest BCUT2D eigenvalue weighted by Crippen LogP contribution is -2.34. The molecule has 0 atom stereocenters. The van der Waals surface area contributed by atoms with Crippen molar-refractivity contribution >= 4 is 21.6 Å². The minimum absolute atomic E-state index is 0.0835. The molecule has 0 fully saturated rings. The maximum absolute atomic E-state index is 13.8. The molecule has 0 aromatic heterocycles. The number of hydrogen-bond donors (Lipinski definition) is 1. The molecular formula is C26H31N3O4S. The van der Waals surface area contributed by atoms with Crippen LogP contribution < -0.4 is 14.4 Å². The zero-order valence-electron chi connectivity index (χ0n) is 19.8. The van der Waals surface area contributed by atoms with Crippen LogP contribution in [0.15, 0.2) is 83.8 Å². The van der Waals surface area contributed by atoms with Crippen molar-refractivity contribution in [2.75, 3.05) is 38.6 Å². The molecule has 3 aromatic carbocycles. The van der Waals surface area contributed by atoms with Gasteiger partial charge in [0.05, 0.1) is 29.8 Å². The van der Waals surface area contributed by atoms with Crippen molar-refractivity contribution < 1.29 is 17.9 Å². The van der Waals surface area contributed by atoms with Gasteiger partial charge in [0.2, 0.25) is 0 Å². The average molecular weight is 482 g/mol. The first-order valence-electron chi connectivity index (χ1n) is 11.1. The van der Waals surface area contributed by atoms with Crippen LogP contribution in [0.3, 0.4) is 0 Å². The molecule has 0 bridgehead atoms. The molecule has 34 heavy (non-hydrogen) atoms. The SMILES string of the molecule is COc1ccc(S(=O)(=O)N(Cc2ccccc2)c2ccccc2C(=O)NCCCN(C)C)cc1. The lowest BCUT2D eigenvalue weighted by Gasteiger charge is -2.27. The molecule has 1 N–H and O–H groups in total. The quantitative estimate of drug-likeness (QED) is 0.422. The van der Waals surface area contributed by atoms with Crippen LogP contribution in [0, 0.1) is 0 Å². The fraction of sp³-hybridized carbons (Fsp3) is 0.269. The van der Waals surface area contributed by atoms with Crippen molar-refractivity contribution in [2.45, 2.75) is 17.9 Å². The van der Waals surface area contributed by atoms with Crippen LogP contribution in [0.25, 0.3) is 0 Å². The Hall–Kier alpha value is -3.36. The zero-order chi connectivity index (χ0) is 24.6.